The van der Waals surface area contributed by atoms with E-state index in [-0.39, 0.29) is 11.9 Å². The van der Waals surface area contributed by atoms with Crippen molar-refractivity contribution in [2.24, 2.45) is 0 Å². The van der Waals surface area contributed by atoms with E-state index in [4.69, 9.17) is 0 Å². The van der Waals surface area contributed by atoms with Gasteiger partial charge >= 0.3 is 0 Å². The van der Waals surface area contributed by atoms with Crippen LogP contribution >= 0.6 is 0 Å². The second-order valence-corrected chi connectivity index (χ2v) is 5.57. The SMILES string of the molecule is CC(NCCC1=CCCCC1)C(=O)N1CCCC1. The van der Waals surface area contributed by atoms with E-state index in [0.717, 1.165) is 26.1 Å². The van der Waals surface area contributed by atoms with Crippen LogP contribution in [0.25, 0.3) is 0 Å². The van der Waals surface area contributed by atoms with Crippen LogP contribution in [0.2, 0.25) is 0 Å². The van der Waals surface area contributed by atoms with Gasteiger partial charge in [0.2, 0.25) is 5.91 Å². The molecule has 0 saturated carbocycles. The zero-order valence-corrected chi connectivity index (χ0v) is 11.6. The van der Waals surface area contributed by atoms with Gasteiger partial charge in [-0.3, -0.25) is 4.79 Å². The summed E-state index contributed by atoms with van der Waals surface area (Å²) in [5.41, 5.74) is 1.58. The fourth-order valence-corrected chi connectivity index (χ4v) is 2.88. The van der Waals surface area contributed by atoms with E-state index in [1.165, 1.54) is 38.5 Å². The maximum absolute atomic E-state index is 12.1. The first-order chi connectivity index (χ1) is 8.77. The lowest BCUT2D eigenvalue weighted by Crippen LogP contribution is -2.43. The molecule has 1 fully saturated rings. The second kappa shape index (κ2) is 6.93. The molecule has 0 bridgehead atoms. The Morgan fingerprint density at radius 3 is 2.78 bits per heavy atom. The Morgan fingerprint density at radius 2 is 2.11 bits per heavy atom. The van der Waals surface area contributed by atoms with Crippen molar-refractivity contribution < 1.29 is 4.79 Å². The van der Waals surface area contributed by atoms with Gasteiger partial charge in [0, 0.05) is 13.1 Å². The van der Waals surface area contributed by atoms with Crippen molar-refractivity contribution in [1.29, 1.82) is 0 Å². The monoisotopic (exact) mass is 250 g/mol. The third-order valence-electron chi connectivity index (χ3n) is 4.07. The number of nitrogens with zero attached hydrogens (tertiary/aromatic N) is 1. The molecule has 2 aliphatic rings. The van der Waals surface area contributed by atoms with Crippen LogP contribution in [-0.2, 0) is 4.79 Å². The highest BCUT2D eigenvalue weighted by Gasteiger charge is 2.22. The number of likely N-dealkylation sites (tertiary alicyclic amines) is 1. The number of nitrogens with one attached hydrogen (secondary N) is 1. The minimum Gasteiger partial charge on any atom is -0.341 e. The summed E-state index contributed by atoms with van der Waals surface area (Å²) in [4.78, 5) is 14.1. The first kappa shape index (κ1) is 13.6. The summed E-state index contributed by atoms with van der Waals surface area (Å²) >= 11 is 0. The van der Waals surface area contributed by atoms with Crippen LogP contribution < -0.4 is 5.32 Å². The highest BCUT2D eigenvalue weighted by atomic mass is 16.2. The summed E-state index contributed by atoms with van der Waals surface area (Å²) in [5.74, 6) is 0.283. The lowest BCUT2D eigenvalue weighted by Gasteiger charge is -2.21. The predicted octanol–water partition coefficient (Wildman–Crippen LogP) is 2.48. The number of carbonyl (C=O) groups excluding carboxylic acids is 1. The Labute approximate surface area is 111 Å². The molecule has 1 saturated heterocycles. The number of allylic oxidation sites excluding steroid dienone is 1. The molecular weight excluding hydrogens is 224 g/mol. The summed E-state index contributed by atoms with van der Waals surface area (Å²) in [6, 6.07) is -0.0210. The van der Waals surface area contributed by atoms with Crippen molar-refractivity contribution in [2.75, 3.05) is 19.6 Å². The quantitative estimate of drug-likeness (QED) is 0.760. The van der Waals surface area contributed by atoms with Crippen molar-refractivity contribution in [2.45, 2.75) is 57.9 Å². The zero-order valence-electron chi connectivity index (χ0n) is 11.6. The molecule has 1 amide bonds. The van der Waals surface area contributed by atoms with Crippen LogP contribution in [0.15, 0.2) is 11.6 Å². The van der Waals surface area contributed by atoms with E-state index >= 15 is 0 Å². The van der Waals surface area contributed by atoms with Crippen LogP contribution in [0, 0.1) is 0 Å². The van der Waals surface area contributed by atoms with Gasteiger partial charge < -0.3 is 10.2 Å². The van der Waals surface area contributed by atoms with Crippen molar-refractivity contribution >= 4 is 5.91 Å². The molecule has 102 valence electrons. The largest absolute Gasteiger partial charge is 0.341 e. The van der Waals surface area contributed by atoms with Crippen LogP contribution in [0.1, 0.15) is 51.9 Å². The molecule has 3 heteroatoms. The topological polar surface area (TPSA) is 32.3 Å². The van der Waals surface area contributed by atoms with Crippen molar-refractivity contribution in [3.63, 3.8) is 0 Å². The van der Waals surface area contributed by atoms with E-state index in [1.807, 2.05) is 11.8 Å². The van der Waals surface area contributed by atoms with Gasteiger partial charge in [-0.25, -0.2) is 0 Å². The summed E-state index contributed by atoms with van der Waals surface area (Å²) in [5, 5.41) is 3.37. The first-order valence-electron chi connectivity index (χ1n) is 7.47. The summed E-state index contributed by atoms with van der Waals surface area (Å²) in [7, 11) is 0. The van der Waals surface area contributed by atoms with Gasteiger partial charge in [0.15, 0.2) is 0 Å². The van der Waals surface area contributed by atoms with Gasteiger partial charge in [-0.1, -0.05) is 11.6 Å². The van der Waals surface area contributed by atoms with Gasteiger partial charge in [-0.2, -0.15) is 0 Å². The molecule has 1 aliphatic heterocycles. The van der Waals surface area contributed by atoms with Crippen molar-refractivity contribution in [3.05, 3.63) is 11.6 Å². The number of rotatable bonds is 5. The molecule has 1 atom stereocenters. The predicted molar refractivity (Wildman–Crippen MR) is 74.4 cm³/mol. The molecule has 3 nitrogen and oxygen atoms in total. The fraction of sp³-hybridized carbons (Fsp3) is 0.800. The average molecular weight is 250 g/mol. The normalized spacial score (nSPS) is 21.8. The Bertz CT molecular complexity index is 306. The van der Waals surface area contributed by atoms with Crippen molar-refractivity contribution in [1.82, 2.24) is 10.2 Å². The Kier molecular flexibility index (Phi) is 5.24. The molecular formula is C15H26N2O. The average Bonchev–Trinajstić information content (AvgIpc) is 2.93. The summed E-state index contributed by atoms with van der Waals surface area (Å²) < 4.78 is 0. The van der Waals surface area contributed by atoms with E-state index in [9.17, 15) is 4.79 Å². The Morgan fingerprint density at radius 1 is 1.33 bits per heavy atom. The molecule has 1 unspecified atom stereocenters. The second-order valence-electron chi connectivity index (χ2n) is 5.57. The van der Waals surface area contributed by atoms with E-state index in [2.05, 4.69) is 11.4 Å². The zero-order chi connectivity index (χ0) is 12.8. The highest BCUT2D eigenvalue weighted by molar-refractivity contribution is 5.81. The molecule has 0 aromatic rings. The number of amides is 1. The fourth-order valence-electron chi connectivity index (χ4n) is 2.88. The third-order valence-corrected chi connectivity index (χ3v) is 4.07. The number of hydrogen-bond acceptors (Lipinski definition) is 2. The maximum Gasteiger partial charge on any atom is 0.239 e. The van der Waals surface area contributed by atoms with Crippen LogP contribution in [0.3, 0.4) is 0 Å². The molecule has 0 spiro atoms. The third kappa shape index (κ3) is 3.84. The summed E-state index contributed by atoms with van der Waals surface area (Å²) in [6.45, 7) is 4.84. The lowest BCUT2D eigenvalue weighted by molar-refractivity contribution is -0.131. The van der Waals surface area contributed by atoms with Gasteiger partial charge in [0.05, 0.1) is 6.04 Å². The van der Waals surface area contributed by atoms with Crippen molar-refractivity contribution in [3.8, 4) is 0 Å². The molecule has 18 heavy (non-hydrogen) atoms. The molecule has 0 aromatic heterocycles. The molecule has 0 aromatic carbocycles. The van der Waals surface area contributed by atoms with E-state index in [0.29, 0.717) is 0 Å². The molecule has 1 heterocycles. The smallest absolute Gasteiger partial charge is 0.239 e. The lowest BCUT2D eigenvalue weighted by atomic mass is 9.97. The number of hydrogen-bond donors (Lipinski definition) is 1. The standard InChI is InChI=1S/C15H26N2O/c1-13(15(18)17-11-5-6-12-17)16-10-9-14-7-3-2-4-8-14/h7,13,16H,2-6,8-12H2,1H3. The molecule has 0 radical (unpaired) electrons. The van der Waals surface area contributed by atoms with E-state index in [1.54, 1.807) is 5.57 Å². The Balaban J connectivity index is 1.66. The van der Waals surface area contributed by atoms with Crippen LogP contribution in [0.5, 0.6) is 0 Å². The minimum absolute atomic E-state index is 0.0210. The minimum atomic E-state index is -0.0210. The maximum atomic E-state index is 12.1. The van der Waals surface area contributed by atoms with Gasteiger partial charge in [0.25, 0.3) is 0 Å². The number of carbonyl (C=O) groups is 1. The molecule has 1 N–H and O–H groups in total. The van der Waals surface area contributed by atoms with Crippen LogP contribution in [0.4, 0.5) is 0 Å². The van der Waals surface area contributed by atoms with Crippen LogP contribution in [-0.4, -0.2) is 36.5 Å². The van der Waals surface area contributed by atoms with Gasteiger partial charge in [-0.05, 0) is 58.4 Å². The van der Waals surface area contributed by atoms with Gasteiger partial charge in [-0.15, -0.1) is 0 Å². The van der Waals surface area contributed by atoms with Gasteiger partial charge in [0.1, 0.15) is 0 Å². The Hall–Kier alpha value is -0.830. The first-order valence-corrected chi connectivity index (χ1v) is 7.47. The highest BCUT2D eigenvalue weighted by Crippen LogP contribution is 2.19. The molecule has 1 aliphatic carbocycles. The summed E-state index contributed by atoms with van der Waals surface area (Å²) in [6.07, 6.45) is 11.0. The van der Waals surface area contributed by atoms with E-state index < -0.39 is 0 Å². The molecule has 2 rings (SSSR count).